The van der Waals surface area contributed by atoms with E-state index in [0.29, 0.717) is 12.8 Å². The average Bonchev–Trinajstić information content (AvgIpc) is 2.42. The summed E-state index contributed by atoms with van der Waals surface area (Å²) in [7, 11) is -2.31. The zero-order valence-corrected chi connectivity index (χ0v) is 12.7. The highest BCUT2D eigenvalue weighted by molar-refractivity contribution is 7.92. The van der Waals surface area contributed by atoms with Gasteiger partial charge >= 0.3 is 0 Å². The molecule has 1 fully saturated rings. The van der Waals surface area contributed by atoms with E-state index < -0.39 is 32.9 Å². The lowest BCUT2D eigenvalue weighted by atomic mass is 9.88. The maximum absolute atomic E-state index is 12.9. The molecule has 0 heterocycles. The van der Waals surface area contributed by atoms with Crippen LogP contribution in [0.2, 0.25) is 0 Å². The lowest BCUT2D eigenvalue weighted by molar-refractivity contribution is -0.135. The molecule has 1 amide bonds. The van der Waals surface area contributed by atoms with Crippen molar-refractivity contribution in [1.82, 2.24) is 4.90 Å². The molecule has 1 saturated carbocycles. The van der Waals surface area contributed by atoms with Crippen molar-refractivity contribution in [3.8, 4) is 0 Å². The van der Waals surface area contributed by atoms with Crippen LogP contribution < -0.4 is 0 Å². The van der Waals surface area contributed by atoms with Gasteiger partial charge in [0, 0.05) is 13.1 Å². The number of benzene rings is 1. The third-order valence-corrected chi connectivity index (χ3v) is 6.00. The van der Waals surface area contributed by atoms with Crippen LogP contribution in [0.25, 0.3) is 0 Å². The molecule has 1 aromatic rings. The van der Waals surface area contributed by atoms with Crippen molar-refractivity contribution >= 4 is 15.7 Å². The number of hydrogen-bond acceptors (Lipinski definition) is 4. The van der Waals surface area contributed by atoms with E-state index in [0.717, 1.165) is 24.3 Å². The van der Waals surface area contributed by atoms with Crippen LogP contribution in [0.4, 0.5) is 4.39 Å². The number of hydrogen-bond donors (Lipinski definition) is 1. The summed E-state index contributed by atoms with van der Waals surface area (Å²) >= 11 is 0. The molecule has 1 N–H and O–H groups in total. The minimum absolute atomic E-state index is 0.0770. The molecule has 1 aromatic carbocycles. The molecular formula is C14H18FNO4S. The minimum Gasteiger partial charge on any atom is -0.393 e. The number of carbonyl (C=O) groups is 1. The molecular weight excluding hydrogens is 297 g/mol. The summed E-state index contributed by atoms with van der Waals surface area (Å²) < 4.78 is 37.6. The Balaban J connectivity index is 2.15. The average molecular weight is 315 g/mol. The topological polar surface area (TPSA) is 74.7 Å². The lowest BCUT2D eigenvalue weighted by Crippen LogP contribution is -2.51. The number of amides is 1. The zero-order chi connectivity index (χ0) is 15.8. The molecule has 0 spiro atoms. The molecule has 21 heavy (non-hydrogen) atoms. The van der Waals surface area contributed by atoms with Crippen molar-refractivity contribution < 1.29 is 22.7 Å². The normalized spacial score (nSPS) is 23.2. The summed E-state index contributed by atoms with van der Waals surface area (Å²) in [4.78, 5) is 13.6. The van der Waals surface area contributed by atoms with Gasteiger partial charge in [-0.05, 0) is 44.0 Å². The molecule has 5 nitrogen and oxygen atoms in total. The van der Waals surface area contributed by atoms with Gasteiger partial charge in [0.2, 0.25) is 5.91 Å². The third kappa shape index (κ3) is 3.08. The minimum atomic E-state index is -3.85. The van der Waals surface area contributed by atoms with E-state index >= 15 is 0 Å². The second-order valence-corrected chi connectivity index (χ2v) is 7.64. The van der Waals surface area contributed by atoms with Crippen LogP contribution in [0.15, 0.2) is 29.2 Å². The Morgan fingerprint density at radius 1 is 1.33 bits per heavy atom. The Kier molecular flexibility index (Phi) is 4.34. The van der Waals surface area contributed by atoms with Crippen LogP contribution in [0, 0.1) is 5.82 Å². The first-order valence-electron chi connectivity index (χ1n) is 6.67. The predicted molar refractivity (Wildman–Crippen MR) is 74.8 cm³/mol. The van der Waals surface area contributed by atoms with Gasteiger partial charge < -0.3 is 10.0 Å². The Morgan fingerprint density at radius 3 is 2.33 bits per heavy atom. The van der Waals surface area contributed by atoms with Crippen molar-refractivity contribution in [3.63, 3.8) is 0 Å². The quantitative estimate of drug-likeness (QED) is 0.840. The van der Waals surface area contributed by atoms with Gasteiger partial charge in [0.05, 0.1) is 11.0 Å². The summed E-state index contributed by atoms with van der Waals surface area (Å²) in [6.45, 7) is 1.33. The smallest absolute Gasteiger partial charge is 0.241 e. The highest BCUT2D eigenvalue weighted by Crippen LogP contribution is 2.26. The number of carbonyl (C=O) groups excluding carboxylic acids is 1. The number of aliphatic hydroxyl groups is 1. The number of sulfone groups is 1. The second kappa shape index (κ2) is 5.73. The first-order valence-corrected chi connectivity index (χ1v) is 8.22. The third-order valence-electron chi connectivity index (χ3n) is 3.94. The first-order chi connectivity index (χ1) is 9.73. The highest BCUT2D eigenvalue weighted by atomic mass is 32.2. The largest absolute Gasteiger partial charge is 0.393 e. The van der Waals surface area contributed by atoms with Crippen LogP contribution in [-0.2, 0) is 14.6 Å². The van der Waals surface area contributed by atoms with E-state index in [1.54, 1.807) is 0 Å². The van der Waals surface area contributed by atoms with Gasteiger partial charge in [-0.1, -0.05) is 0 Å². The predicted octanol–water partition coefficient (Wildman–Crippen LogP) is 0.970. The van der Waals surface area contributed by atoms with Crippen LogP contribution >= 0.6 is 0 Å². The first kappa shape index (κ1) is 15.9. The Labute approximate surface area is 123 Å². The van der Waals surface area contributed by atoms with E-state index in [2.05, 4.69) is 0 Å². The van der Waals surface area contributed by atoms with Crippen molar-refractivity contribution in [2.75, 3.05) is 7.05 Å². The molecule has 1 aliphatic rings. The maximum Gasteiger partial charge on any atom is 0.241 e. The van der Waals surface area contributed by atoms with Crippen molar-refractivity contribution in [1.29, 1.82) is 0 Å². The Morgan fingerprint density at radius 2 is 1.86 bits per heavy atom. The SMILES string of the molecule is C[C@@H](C(=O)N(C)C1CC(O)C1)S(=O)(=O)c1ccc(F)cc1. The molecule has 1 atom stereocenters. The van der Waals surface area contributed by atoms with Crippen molar-refractivity contribution in [3.05, 3.63) is 30.1 Å². The van der Waals surface area contributed by atoms with Crippen molar-refractivity contribution in [2.45, 2.75) is 42.1 Å². The summed E-state index contributed by atoms with van der Waals surface area (Å²) in [5.74, 6) is -1.05. The van der Waals surface area contributed by atoms with E-state index in [1.807, 2.05) is 0 Å². The number of rotatable bonds is 4. The standard InChI is InChI=1S/C14H18FNO4S/c1-9(14(18)16(2)11-7-12(17)8-11)21(19,20)13-5-3-10(15)4-6-13/h3-6,9,11-12,17H,7-8H2,1-2H3/t9-,11?,12?/m0/s1. The lowest BCUT2D eigenvalue weighted by Gasteiger charge is -2.39. The molecule has 116 valence electrons. The van der Waals surface area contributed by atoms with Crippen LogP contribution in [0.3, 0.4) is 0 Å². The van der Waals surface area contributed by atoms with Crippen LogP contribution in [0.1, 0.15) is 19.8 Å². The Bertz CT molecular complexity index is 623. The highest BCUT2D eigenvalue weighted by Gasteiger charge is 2.38. The molecule has 0 aliphatic heterocycles. The number of nitrogens with zero attached hydrogens (tertiary/aromatic N) is 1. The fraction of sp³-hybridized carbons (Fsp3) is 0.500. The monoisotopic (exact) mass is 315 g/mol. The molecule has 7 heteroatoms. The van der Waals surface area contributed by atoms with Crippen LogP contribution in [0.5, 0.6) is 0 Å². The van der Waals surface area contributed by atoms with Gasteiger partial charge in [0.1, 0.15) is 11.1 Å². The maximum atomic E-state index is 12.9. The van der Waals surface area contributed by atoms with E-state index in [4.69, 9.17) is 0 Å². The number of halogens is 1. The van der Waals surface area contributed by atoms with Crippen LogP contribution in [-0.4, -0.2) is 48.8 Å². The fourth-order valence-corrected chi connectivity index (χ4v) is 3.66. The van der Waals surface area contributed by atoms with Gasteiger partial charge in [-0.3, -0.25) is 4.79 Å². The fourth-order valence-electron chi connectivity index (χ4n) is 2.30. The summed E-state index contributed by atoms with van der Waals surface area (Å²) in [5.41, 5.74) is 0. The molecule has 2 rings (SSSR count). The molecule has 1 aliphatic carbocycles. The van der Waals surface area contributed by atoms with Gasteiger partial charge in [-0.15, -0.1) is 0 Å². The van der Waals surface area contributed by atoms with E-state index in [9.17, 15) is 22.7 Å². The van der Waals surface area contributed by atoms with Gasteiger partial charge in [-0.2, -0.15) is 0 Å². The zero-order valence-electron chi connectivity index (χ0n) is 11.9. The molecule has 0 bridgehead atoms. The number of aliphatic hydroxyl groups excluding tert-OH is 1. The second-order valence-electron chi connectivity index (χ2n) is 5.37. The summed E-state index contributed by atoms with van der Waals surface area (Å²) in [6.07, 6.45) is 0.506. The summed E-state index contributed by atoms with van der Waals surface area (Å²) in [5, 5.41) is 8.02. The van der Waals surface area contributed by atoms with Crippen molar-refractivity contribution in [2.24, 2.45) is 0 Å². The summed E-state index contributed by atoms with van der Waals surface area (Å²) in [6, 6.07) is 4.29. The van der Waals surface area contributed by atoms with Gasteiger partial charge in [0.15, 0.2) is 9.84 Å². The molecule has 0 saturated heterocycles. The van der Waals surface area contributed by atoms with E-state index in [-0.39, 0.29) is 10.9 Å². The van der Waals surface area contributed by atoms with E-state index in [1.165, 1.54) is 18.9 Å². The van der Waals surface area contributed by atoms with Gasteiger partial charge in [-0.25, -0.2) is 12.8 Å². The van der Waals surface area contributed by atoms with Gasteiger partial charge in [0.25, 0.3) is 0 Å². The Hall–Kier alpha value is -1.47. The molecule has 0 unspecified atom stereocenters. The molecule has 0 aromatic heterocycles. The molecule has 0 radical (unpaired) electrons.